The lowest BCUT2D eigenvalue weighted by Gasteiger charge is -2.17. The summed E-state index contributed by atoms with van der Waals surface area (Å²) in [4.78, 5) is 49.6. The lowest BCUT2D eigenvalue weighted by molar-refractivity contribution is -0.151. The Kier molecular flexibility index (Phi) is 6.52. The van der Waals surface area contributed by atoms with E-state index < -0.39 is 24.4 Å². The van der Waals surface area contributed by atoms with Crippen molar-refractivity contribution in [3.8, 4) is 0 Å². The van der Waals surface area contributed by atoms with Crippen LogP contribution in [0.2, 0.25) is 5.02 Å². The number of ether oxygens (including phenoxy) is 1. The van der Waals surface area contributed by atoms with E-state index in [-0.39, 0.29) is 24.7 Å². The quantitative estimate of drug-likeness (QED) is 0.562. The second-order valence-electron chi connectivity index (χ2n) is 7.13. The summed E-state index contributed by atoms with van der Waals surface area (Å²) in [5.74, 6) is -2.14. The Balaban J connectivity index is 1.54. The summed E-state index contributed by atoms with van der Waals surface area (Å²) >= 11 is 6.12. The highest BCUT2D eigenvalue weighted by Gasteiger charge is 2.36. The Labute approximate surface area is 179 Å². The minimum absolute atomic E-state index is 0.00655. The molecule has 8 heteroatoms. The van der Waals surface area contributed by atoms with E-state index in [1.807, 2.05) is 13.0 Å². The van der Waals surface area contributed by atoms with E-state index in [9.17, 15) is 19.2 Å². The second-order valence-corrected chi connectivity index (χ2v) is 7.54. The number of carbonyl (C=O) groups excluding carboxylic acids is 4. The van der Waals surface area contributed by atoms with Crippen molar-refractivity contribution >= 4 is 46.5 Å². The van der Waals surface area contributed by atoms with Crippen LogP contribution >= 0.6 is 11.6 Å². The van der Waals surface area contributed by atoms with Crippen molar-refractivity contribution in [2.45, 2.75) is 20.3 Å². The first kappa shape index (κ1) is 21.5. The van der Waals surface area contributed by atoms with Crippen molar-refractivity contribution < 1.29 is 23.9 Å². The maximum Gasteiger partial charge on any atom is 0.311 e. The van der Waals surface area contributed by atoms with Gasteiger partial charge in [-0.05, 0) is 43.7 Å². The van der Waals surface area contributed by atoms with Gasteiger partial charge in [-0.25, -0.2) is 0 Å². The number of amides is 2. The molecule has 156 valence electrons. The third-order valence-corrected chi connectivity index (χ3v) is 5.23. The fourth-order valence-corrected chi connectivity index (χ4v) is 3.31. The Morgan fingerprint density at radius 3 is 2.67 bits per heavy atom. The zero-order valence-electron chi connectivity index (χ0n) is 16.6. The number of nitrogens with zero attached hydrogens (tertiary/aromatic N) is 1. The first-order chi connectivity index (χ1) is 14.2. The summed E-state index contributed by atoms with van der Waals surface area (Å²) < 4.78 is 5.09. The molecule has 2 aromatic carbocycles. The highest BCUT2D eigenvalue weighted by molar-refractivity contribution is 6.31. The summed E-state index contributed by atoms with van der Waals surface area (Å²) in [6, 6.07) is 11.7. The SMILES string of the molecule is CC(=O)c1cccc(NC(=O)COC(=O)[C@@H]2CC(=O)N(c3ccc(C)c(Cl)c3)C2)c1. The lowest BCUT2D eigenvalue weighted by Crippen LogP contribution is -2.28. The summed E-state index contributed by atoms with van der Waals surface area (Å²) in [5, 5.41) is 3.12. The Hall–Kier alpha value is -3.19. The molecule has 1 aliphatic heterocycles. The predicted molar refractivity (Wildman–Crippen MR) is 113 cm³/mol. The minimum Gasteiger partial charge on any atom is -0.455 e. The number of esters is 1. The highest BCUT2D eigenvalue weighted by atomic mass is 35.5. The first-order valence-corrected chi connectivity index (χ1v) is 9.76. The van der Waals surface area contributed by atoms with Gasteiger partial charge in [0.2, 0.25) is 5.91 Å². The molecule has 1 N–H and O–H groups in total. The fraction of sp³-hybridized carbons (Fsp3) is 0.273. The van der Waals surface area contributed by atoms with Gasteiger partial charge in [0.25, 0.3) is 5.91 Å². The Bertz CT molecular complexity index is 1020. The molecule has 3 rings (SSSR count). The summed E-state index contributed by atoms with van der Waals surface area (Å²) in [5.41, 5.74) is 2.41. The van der Waals surface area contributed by atoms with E-state index in [2.05, 4.69) is 5.32 Å². The van der Waals surface area contributed by atoms with Crippen LogP contribution in [-0.2, 0) is 19.1 Å². The number of carbonyl (C=O) groups is 4. The zero-order chi connectivity index (χ0) is 21.8. The Morgan fingerprint density at radius 2 is 1.97 bits per heavy atom. The molecule has 1 saturated heterocycles. The lowest BCUT2D eigenvalue weighted by atomic mass is 10.1. The highest BCUT2D eigenvalue weighted by Crippen LogP contribution is 2.29. The second kappa shape index (κ2) is 9.09. The maximum absolute atomic E-state index is 12.3. The van der Waals surface area contributed by atoms with Crippen molar-refractivity contribution in [2.75, 3.05) is 23.4 Å². The normalized spacial score (nSPS) is 15.8. The van der Waals surface area contributed by atoms with E-state index in [1.54, 1.807) is 36.4 Å². The third-order valence-electron chi connectivity index (χ3n) is 4.82. The molecule has 0 radical (unpaired) electrons. The number of rotatable bonds is 6. The van der Waals surface area contributed by atoms with Gasteiger partial charge in [-0.1, -0.05) is 29.8 Å². The molecule has 0 aromatic heterocycles. The summed E-state index contributed by atoms with van der Waals surface area (Å²) in [7, 11) is 0. The average molecular weight is 429 g/mol. The summed E-state index contributed by atoms with van der Waals surface area (Å²) in [6.07, 6.45) is 0.00655. The molecule has 1 aliphatic rings. The number of aryl methyl sites for hydroxylation is 1. The minimum atomic E-state index is -0.661. The standard InChI is InChI=1S/C22H21ClN2O5/c1-13-6-7-18(10-19(13)23)25-11-16(9-21(25)28)22(29)30-12-20(27)24-17-5-3-4-15(8-17)14(2)26/h3-8,10,16H,9,11-12H2,1-2H3,(H,24,27)/t16-/m1/s1. The number of nitrogens with one attached hydrogen (secondary N) is 1. The molecule has 2 aromatic rings. The van der Waals surface area contributed by atoms with E-state index >= 15 is 0 Å². The molecule has 7 nitrogen and oxygen atoms in total. The number of hydrogen-bond acceptors (Lipinski definition) is 5. The average Bonchev–Trinajstić information content (AvgIpc) is 3.10. The first-order valence-electron chi connectivity index (χ1n) is 9.38. The molecule has 1 heterocycles. The molecule has 30 heavy (non-hydrogen) atoms. The van der Waals surface area contributed by atoms with E-state index in [1.165, 1.54) is 11.8 Å². The van der Waals surface area contributed by atoms with Gasteiger partial charge in [0.05, 0.1) is 5.92 Å². The predicted octanol–water partition coefficient (Wildman–Crippen LogP) is 3.39. The van der Waals surface area contributed by atoms with Crippen LogP contribution in [0.1, 0.15) is 29.3 Å². The van der Waals surface area contributed by atoms with Crippen LogP contribution in [0.5, 0.6) is 0 Å². The largest absolute Gasteiger partial charge is 0.455 e. The Morgan fingerprint density at radius 1 is 1.20 bits per heavy atom. The van der Waals surface area contributed by atoms with Gasteiger partial charge in [0.1, 0.15) is 0 Å². The molecular formula is C22H21ClN2O5. The van der Waals surface area contributed by atoms with Gasteiger partial charge in [-0.2, -0.15) is 0 Å². The van der Waals surface area contributed by atoms with Crippen LogP contribution in [0.4, 0.5) is 11.4 Å². The van der Waals surface area contributed by atoms with Gasteiger partial charge < -0.3 is 15.0 Å². The third kappa shape index (κ3) is 5.04. The number of Topliss-reactive ketones (excluding diaryl/α,β-unsaturated/α-hetero) is 1. The van der Waals surface area contributed by atoms with Crippen LogP contribution in [0.15, 0.2) is 42.5 Å². The zero-order valence-corrected chi connectivity index (χ0v) is 17.4. The molecule has 1 fully saturated rings. The van der Waals surface area contributed by atoms with Gasteiger partial charge >= 0.3 is 5.97 Å². The smallest absolute Gasteiger partial charge is 0.311 e. The number of ketones is 1. The molecule has 0 spiro atoms. The fourth-order valence-electron chi connectivity index (χ4n) is 3.13. The van der Waals surface area contributed by atoms with E-state index in [0.29, 0.717) is 22.0 Å². The van der Waals surface area contributed by atoms with E-state index in [4.69, 9.17) is 16.3 Å². The molecule has 0 bridgehead atoms. The van der Waals surface area contributed by atoms with Crippen LogP contribution < -0.4 is 10.2 Å². The molecule has 0 unspecified atom stereocenters. The van der Waals surface area contributed by atoms with Crippen molar-refractivity contribution in [3.63, 3.8) is 0 Å². The van der Waals surface area contributed by atoms with Crippen molar-refractivity contribution in [1.29, 1.82) is 0 Å². The number of hydrogen-bond donors (Lipinski definition) is 1. The van der Waals surface area contributed by atoms with Crippen molar-refractivity contribution in [1.82, 2.24) is 0 Å². The molecule has 1 atom stereocenters. The number of benzene rings is 2. The topological polar surface area (TPSA) is 92.8 Å². The molecular weight excluding hydrogens is 408 g/mol. The van der Waals surface area contributed by atoms with Gasteiger partial charge in [-0.3, -0.25) is 19.2 Å². The van der Waals surface area contributed by atoms with Crippen molar-refractivity contribution in [3.05, 3.63) is 58.6 Å². The maximum atomic E-state index is 12.3. The molecule has 0 saturated carbocycles. The van der Waals surface area contributed by atoms with Gasteiger partial charge in [-0.15, -0.1) is 0 Å². The van der Waals surface area contributed by atoms with Crippen LogP contribution in [0.3, 0.4) is 0 Å². The number of anilines is 2. The molecule has 2 amide bonds. The summed E-state index contributed by atoms with van der Waals surface area (Å²) in [6.45, 7) is 2.97. The van der Waals surface area contributed by atoms with Gasteiger partial charge in [0.15, 0.2) is 12.4 Å². The van der Waals surface area contributed by atoms with Crippen LogP contribution in [-0.4, -0.2) is 36.7 Å². The monoisotopic (exact) mass is 428 g/mol. The van der Waals surface area contributed by atoms with Crippen LogP contribution in [0, 0.1) is 12.8 Å². The van der Waals surface area contributed by atoms with Crippen LogP contribution in [0.25, 0.3) is 0 Å². The van der Waals surface area contributed by atoms with Crippen molar-refractivity contribution in [2.24, 2.45) is 5.92 Å². The number of halogens is 1. The van der Waals surface area contributed by atoms with E-state index in [0.717, 1.165) is 5.56 Å². The van der Waals surface area contributed by atoms with Gasteiger partial charge in [0, 0.05) is 34.9 Å². The molecule has 0 aliphatic carbocycles.